The van der Waals surface area contributed by atoms with Crippen molar-refractivity contribution >= 4 is 23.1 Å². The number of rotatable bonds is 4. The van der Waals surface area contributed by atoms with Crippen LogP contribution in [0.4, 0.5) is 0 Å². The standard InChI is InChI=1S/C5H11N3OS/c1-8(2-4(6)9)3-5(7)10/h2-3H2,1H3,(H2,6,9)(H2,7,10). The van der Waals surface area contributed by atoms with Crippen LogP contribution in [0.1, 0.15) is 0 Å². The van der Waals surface area contributed by atoms with Crippen molar-refractivity contribution in [2.75, 3.05) is 20.1 Å². The Bertz CT molecular complexity index is 132. The molecule has 0 spiro atoms. The van der Waals surface area contributed by atoms with Crippen LogP contribution >= 0.6 is 12.2 Å². The van der Waals surface area contributed by atoms with E-state index in [9.17, 15) is 4.79 Å². The van der Waals surface area contributed by atoms with Crippen LogP contribution in [0.25, 0.3) is 0 Å². The topological polar surface area (TPSA) is 72.3 Å². The molecule has 0 unspecified atom stereocenters. The van der Waals surface area contributed by atoms with Crippen molar-refractivity contribution in [2.24, 2.45) is 11.5 Å². The molecule has 0 saturated carbocycles. The second-order valence-corrected chi connectivity index (χ2v) is 2.63. The molecule has 5 heteroatoms. The second kappa shape index (κ2) is 4.19. The van der Waals surface area contributed by atoms with E-state index in [1.54, 1.807) is 11.9 Å². The first-order valence-corrected chi connectivity index (χ1v) is 3.18. The third kappa shape index (κ3) is 5.46. The first-order valence-electron chi connectivity index (χ1n) is 2.77. The fourth-order valence-corrected chi connectivity index (χ4v) is 0.808. The van der Waals surface area contributed by atoms with Gasteiger partial charge < -0.3 is 11.5 Å². The average molecular weight is 161 g/mol. The Hall–Kier alpha value is -0.680. The lowest BCUT2D eigenvalue weighted by molar-refractivity contribution is -0.118. The molecule has 0 bridgehead atoms. The van der Waals surface area contributed by atoms with Crippen molar-refractivity contribution in [3.8, 4) is 0 Å². The van der Waals surface area contributed by atoms with E-state index in [1.807, 2.05) is 0 Å². The highest BCUT2D eigenvalue weighted by molar-refractivity contribution is 7.80. The zero-order valence-electron chi connectivity index (χ0n) is 5.83. The Morgan fingerprint density at radius 3 is 2.30 bits per heavy atom. The maximum absolute atomic E-state index is 10.3. The molecule has 4 N–H and O–H groups in total. The minimum Gasteiger partial charge on any atom is -0.392 e. The number of nitrogens with two attached hydrogens (primary N) is 2. The van der Waals surface area contributed by atoms with Crippen molar-refractivity contribution in [1.29, 1.82) is 0 Å². The Morgan fingerprint density at radius 2 is 2.00 bits per heavy atom. The summed E-state index contributed by atoms with van der Waals surface area (Å²) >= 11 is 4.61. The Labute approximate surface area is 65.2 Å². The smallest absolute Gasteiger partial charge is 0.231 e. The van der Waals surface area contributed by atoms with E-state index >= 15 is 0 Å². The Balaban J connectivity index is 3.53. The van der Waals surface area contributed by atoms with Crippen LogP contribution in [0.2, 0.25) is 0 Å². The fraction of sp³-hybridized carbons (Fsp3) is 0.600. The molecule has 0 radical (unpaired) electrons. The third-order valence-corrected chi connectivity index (χ3v) is 0.981. The molecule has 0 saturated heterocycles. The quantitative estimate of drug-likeness (QED) is 0.502. The molecule has 0 aromatic rings. The molecule has 0 aliphatic rings. The SMILES string of the molecule is CN(CC(N)=O)CC(N)=S. The average Bonchev–Trinajstić information content (AvgIpc) is 1.58. The lowest BCUT2D eigenvalue weighted by atomic mass is 10.5. The second-order valence-electron chi connectivity index (χ2n) is 2.10. The van der Waals surface area contributed by atoms with Gasteiger partial charge in [-0.2, -0.15) is 0 Å². The summed E-state index contributed by atoms with van der Waals surface area (Å²) in [7, 11) is 1.73. The van der Waals surface area contributed by atoms with Crippen LogP contribution in [0.15, 0.2) is 0 Å². The number of carbonyl (C=O) groups is 1. The molecule has 0 fully saturated rings. The summed E-state index contributed by atoms with van der Waals surface area (Å²) in [6.07, 6.45) is 0. The Morgan fingerprint density at radius 1 is 1.50 bits per heavy atom. The monoisotopic (exact) mass is 161 g/mol. The van der Waals surface area contributed by atoms with Gasteiger partial charge in [-0.3, -0.25) is 9.69 Å². The van der Waals surface area contributed by atoms with Gasteiger partial charge in [0, 0.05) is 6.54 Å². The van der Waals surface area contributed by atoms with Crippen molar-refractivity contribution in [1.82, 2.24) is 4.90 Å². The van der Waals surface area contributed by atoms with Gasteiger partial charge in [0.25, 0.3) is 0 Å². The third-order valence-electron chi connectivity index (χ3n) is 0.852. The van der Waals surface area contributed by atoms with Gasteiger partial charge in [0.05, 0.1) is 11.5 Å². The van der Waals surface area contributed by atoms with Gasteiger partial charge in [0.2, 0.25) is 5.91 Å². The number of thiocarbonyl (C=S) groups is 1. The number of likely N-dealkylation sites (N-methyl/N-ethyl adjacent to an activating group) is 1. The largest absolute Gasteiger partial charge is 0.392 e. The number of hydrogen-bond acceptors (Lipinski definition) is 3. The lowest BCUT2D eigenvalue weighted by Crippen LogP contribution is -2.36. The number of amides is 1. The van der Waals surface area contributed by atoms with Gasteiger partial charge in [-0.15, -0.1) is 0 Å². The summed E-state index contributed by atoms with van der Waals surface area (Å²) in [5.74, 6) is -0.376. The Kier molecular flexibility index (Phi) is 3.90. The van der Waals surface area contributed by atoms with Crippen molar-refractivity contribution in [3.05, 3.63) is 0 Å². The predicted octanol–water partition coefficient (Wildman–Crippen LogP) is -1.31. The van der Waals surface area contributed by atoms with Gasteiger partial charge in [-0.05, 0) is 7.05 Å². The van der Waals surface area contributed by atoms with Crippen LogP contribution in [0, 0.1) is 0 Å². The van der Waals surface area contributed by atoms with Gasteiger partial charge in [0.1, 0.15) is 0 Å². The van der Waals surface area contributed by atoms with Gasteiger partial charge >= 0.3 is 0 Å². The molecule has 0 aromatic heterocycles. The van der Waals surface area contributed by atoms with Crippen molar-refractivity contribution in [3.63, 3.8) is 0 Å². The van der Waals surface area contributed by atoms with Crippen molar-refractivity contribution in [2.45, 2.75) is 0 Å². The molecule has 10 heavy (non-hydrogen) atoms. The predicted molar refractivity (Wildman–Crippen MR) is 43.5 cm³/mol. The van der Waals surface area contributed by atoms with E-state index in [0.717, 1.165) is 0 Å². The van der Waals surface area contributed by atoms with E-state index in [-0.39, 0.29) is 12.5 Å². The molecule has 0 aromatic carbocycles. The molecule has 1 amide bonds. The van der Waals surface area contributed by atoms with Crippen LogP contribution < -0.4 is 11.5 Å². The van der Waals surface area contributed by atoms with Crippen LogP contribution in [0.3, 0.4) is 0 Å². The van der Waals surface area contributed by atoms with Gasteiger partial charge in [-0.1, -0.05) is 12.2 Å². The molecule has 0 heterocycles. The maximum Gasteiger partial charge on any atom is 0.231 e. The molecular weight excluding hydrogens is 150 g/mol. The lowest BCUT2D eigenvalue weighted by Gasteiger charge is -2.11. The highest BCUT2D eigenvalue weighted by atomic mass is 32.1. The van der Waals surface area contributed by atoms with E-state index in [4.69, 9.17) is 11.5 Å². The summed E-state index contributed by atoms with van der Waals surface area (Å²) < 4.78 is 0. The molecule has 4 nitrogen and oxygen atoms in total. The van der Waals surface area contributed by atoms with Crippen LogP contribution in [-0.4, -0.2) is 35.9 Å². The van der Waals surface area contributed by atoms with Crippen LogP contribution in [0.5, 0.6) is 0 Å². The summed E-state index contributed by atoms with van der Waals surface area (Å²) in [5.41, 5.74) is 10.1. The molecule has 58 valence electrons. The van der Waals surface area contributed by atoms with Gasteiger partial charge in [-0.25, -0.2) is 0 Å². The summed E-state index contributed by atoms with van der Waals surface area (Å²) in [4.78, 5) is 12.3. The maximum atomic E-state index is 10.3. The normalized spacial score (nSPS) is 9.80. The zero-order chi connectivity index (χ0) is 8.15. The number of nitrogens with zero attached hydrogens (tertiary/aromatic N) is 1. The molecule has 0 aliphatic heterocycles. The highest BCUT2D eigenvalue weighted by Gasteiger charge is 2.01. The summed E-state index contributed by atoms with van der Waals surface area (Å²) in [5, 5.41) is 0. The molecule has 0 rings (SSSR count). The highest BCUT2D eigenvalue weighted by Crippen LogP contribution is 1.79. The van der Waals surface area contributed by atoms with E-state index < -0.39 is 0 Å². The zero-order valence-corrected chi connectivity index (χ0v) is 6.65. The minimum atomic E-state index is -0.376. The molecule has 0 aliphatic carbocycles. The van der Waals surface area contributed by atoms with E-state index in [0.29, 0.717) is 11.5 Å². The van der Waals surface area contributed by atoms with Crippen LogP contribution in [-0.2, 0) is 4.79 Å². The van der Waals surface area contributed by atoms with Crippen molar-refractivity contribution < 1.29 is 4.79 Å². The first-order chi connectivity index (χ1) is 4.52. The van der Waals surface area contributed by atoms with E-state index in [2.05, 4.69) is 12.2 Å². The number of hydrogen-bond donors (Lipinski definition) is 2. The minimum absolute atomic E-state index is 0.192. The summed E-state index contributed by atoms with van der Waals surface area (Å²) in [6, 6.07) is 0. The molecule has 0 atom stereocenters. The fourth-order valence-electron chi connectivity index (χ4n) is 0.588. The number of carbonyl (C=O) groups excluding carboxylic acids is 1. The number of primary amides is 1. The van der Waals surface area contributed by atoms with E-state index in [1.165, 1.54) is 0 Å². The molecular formula is C5H11N3OS. The first kappa shape index (κ1) is 9.32. The van der Waals surface area contributed by atoms with Gasteiger partial charge in [0.15, 0.2) is 0 Å². The summed E-state index contributed by atoms with van der Waals surface area (Å²) in [6.45, 7) is 0.621.